The molecule has 5 heteroatoms. The number of hydrogen-bond donors (Lipinski definition) is 0. The molecule has 0 aromatic rings. The zero-order valence-corrected chi connectivity index (χ0v) is 12.7. The van der Waals surface area contributed by atoms with Crippen LogP contribution in [-0.4, -0.2) is 60.4 Å². The average Bonchev–Trinajstić information content (AvgIpc) is 3.16. The minimum absolute atomic E-state index is 1.26. The summed E-state index contributed by atoms with van der Waals surface area (Å²) in [7, 11) is 0.00310. The van der Waals surface area contributed by atoms with Crippen molar-refractivity contribution >= 4 is 7.94 Å². The second-order valence-corrected chi connectivity index (χ2v) is 9.31. The first-order valence-electron chi connectivity index (χ1n) is 7.68. The minimum atomic E-state index is -1.97. The molecule has 0 radical (unpaired) electrons. The summed E-state index contributed by atoms with van der Waals surface area (Å²) in [6, 6.07) is 0. The zero-order valence-electron chi connectivity index (χ0n) is 11.7. The van der Waals surface area contributed by atoms with Crippen molar-refractivity contribution in [1.82, 2.24) is 14.0 Å². The van der Waals surface area contributed by atoms with Crippen LogP contribution in [0.2, 0.25) is 0 Å². The van der Waals surface area contributed by atoms with Crippen molar-refractivity contribution in [3.63, 3.8) is 0 Å². The summed E-state index contributed by atoms with van der Waals surface area (Å²) in [6.45, 7) is 7.54. The first-order valence-corrected chi connectivity index (χ1v) is 9.43. The van der Waals surface area contributed by atoms with Gasteiger partial charge in [-0.2, -0.15) is 0 Å². The van der Waals surface area contributed by atoms with Crippen molar-refractivity contribution in [2.24, 2.45) is 0 Å². The standard InChI is InChI=1S/C13H28N3OP/c1-17-18(14-8-2-3-9-14,15-10-4-5-11-15)16-12-6-7-13-16/h18H,2-13H2,1H3. The van der Waals surface area contributed by atoms with Gasteiger partial charge in [-0.3, -0.25) is 0 Å². The molecule has 3 aliphatic rings. The Morgan fingerprint density at radius 2 is 0.889 bits per heavy atom. The van der Waals surface area contributed by atoms with E-state index in [9.17, 15) is 0 Å². The molecule has 0 N–H and O–H groups in total. The molecule has 0 atom stereocenters. The normalized spacial score (nSPS) is 29.4. The summed E-state index contributed by atoms with van der Waals surface area (Å²) in [5, 5.41) is 0. The van der Waals surface area contributed by atoms with E-state index >= 15 is 0 Å². The van der Waals surface area contributed by atoms with Gasteiger partial charge in [-0.05, 0) is 0 Å². The molecule has 0 unspecified atom stereocenters. The maximum atomic E-state index is 6.31. The van der Waals surface area contributed by atoms with Gasteiger partial charge in [0.2, 0.25) is 0 Å². The molecule has 3 aliphatic heterocycles. The topological polar surface area (TPSA) is 19.0 Å². The van der Waals surface area contributed by atoms with Gasteiger partial charge in [0, 0.05) is 0 Å². The van der Waals surface area contributed by atoms with Crippen LogP contribution in [0.4, 0.5) is 0 Å². The molecule has 0 spiro atoms. The molecule has 18 heavy (non-hydrogen) atoms. The van der Waals surface area contributed by atoms with Crippen LogP contribution in [0.25, 0.3) is 0 Å². The third kappa shape index (κ3) is 2.12. The van der Waals surface area contributed by atoms with Crippen molar-refractivity contribution in [1.29, 1.82) is 0 Å². The molecular formula is C13H28N3OP. The molecule has 0 amide bonds. The van der Waals surface area contributed by atoms with Crippen LogP contribution in [0.5, 0.6) is 0 Å². The summed E-state index contributed by atoms with van der Waals surface area (Å²) < 4.78 is 14.5. The van der Waals surface area contributed by atoms with E-state index < -0.39 is 7.94 Å². The van der Waals surface area contributed by atoms with E-state index in [1.165, 1.54) is 77.8 Å². The SMILES string of the molecule is CO[PH](N1CCCC1)(N1CCCC1)N1CCCC1. The van der Waals surface area contributed by atoms with Crippen molar-refractivity contribution in [3.05, 3.63) is 0 Å². The summed E-state index contributed by atoms with van der Waals surface area (Å²) in [6.07, 6.45) is 8.17. The fourth-order valence-corrected chi connectivity index (χ4v) is 8.68. The van der Waals surface area contributed by atoms with Gasteiger partial charge >= 0.3 is 111 Å². The van der Waals surface area contributed by atoms with Gasteiger partial charge in [-0.25, -0.2) is 0 Å². The van der Waals surface area contributed by atoms with Crippen molar-refractivity contribution in [3.8, 4) is 0 Å². The number of nitrogens with zero attached hydrogens (tertiary/aromatic N) is 3. The maximum absolute atomic E-state index is 6.31. The van der Waals surface area contributed by atoms with Gasteiger partial charge in [0.1, 0.15) is 0 Å². The Balaban J connectivity index is 1.87. The molecule has 4 nitrogen and oxygen atoms in total. The van der Waals surface area contributed by atoms with Crippen LogP contribution in [0.1, 0.15) is 38.5 Å². The third-order valence-electron chi connectivity index (χ3n) is 4.83. The van der Waals surface area contributed by atoms with E-state index in [0.717, 1.165) is 0 Å². The van der Waals surface area contributed by atoms with E-state index in [1.807, 2.05) is 7.11 Å². The average molecular weight is 273 g/mol. The Morgan fingerprint density at radius 1 is 0.611 bits per heavy atom. The Bertz CT molecular complexity index is 231. The molecule has 0 aromatic carbocycles. The molecule has 0 aromatic heterocycles. The Labute approximate surface area is 112 Å². The van der Waals surface area contributed by atoms with Crippen LogP contribution in [-0.2, 0) is 4.52 Å². The molecule has 0 bridgehead atoms. The summed E-state index contributed by atoms with van der Waals surface area (Å²) in [5.74, 6) is 0. The van der Waals surface area contributed by atoms with E-state index in [0.29, 0.717) is 0 Å². The molecule has 0 saturated carbocycles. The monoisotopic (exact) mass is 273 g/mol. The Morgan fingerprint density at radius 3 is 1.11 bits per heavy atom. The van der Waals surface area contributed by atoms with E-state index in [1.54, 1.807) is 0 Å². The van der Waals surface area contributed by atoms with Gasteiger partial charge in [0.05, 0.1) is 0 Å². The van der Waals surface area contributed by atoms with Gasteiger partial charge in [-0.1, -0.05) is 0 Å². The number of hydrogen-bond acceptors (Lipinski definition) is 4. The molecule has 106 valence electrons. The molecule has 0 aliphatic carbocycles. The van der Waals surface area contributed by atoms with Crippen LogP contribution >= 0.6 is 7.94 Å². The molecule has 3 rings (SSSR count). The van der Waals surface area contributed by atoms with E-state index in [4.69, 9.17) is 4.52 Å². The fourth-order valence-electron chi connectivity index (χ4n) is 4.01. The van der Waals surface area contributed by atoms with Crippen molar-refractivity contribution < 1.29 is 4.52 Å². The van der Waals surface area contributed by atoms with Gasteiger partial charge in [0.25, 0.3) is 0 Å². The van der Waals surface area contributed by atoms with Crippen LogP contribution in [0, 0.1) is 0 Å². The molecule has 3 fully saturated rings. The Kier molecular flexibility index (Phi) is 4.21. The van der Waals surface area contributed by atoms with Crippen molar-refractivity contribution in [2.75, 3.05) is 46.4 Å². The molecule has 3 saturated heterocycles. The van der Waals surface area contributed by atoms with Crippen LogP contribution in [0.3, 0.4) is 0 Å². The van der Waals surface area contributed by atoms with E-state index in [2.05, 4.69) is 14.0 Å². The zero-order chi connectivity index (χ0) is 12.4. The number of rotatable bonds is 4. The first-order chi connectivity index (χ1) is 8.88. The van der Waals surface area contributed by atoms with Crippen LogP contribution < -0.4 is 0 Å². The van der Waals surface area contributed by atoms with Crippen LogP contribution in [0.15, 0.2) is 0 Å². The predicted molar refractivity (Wildman–Crippen MR) is 77.7 cm³/mol. The second kappa shape index (κ2) is 5.72. The first kappa shape index (κ1) is 13.3. The summed E-state index contributed by atoms with van der Waals surface area (Å²) >= 11 is 0. The Hall–Kier alpha value is 0.270. The second-order valence-electron chi connectivity index (χ2n) is 5.86. The summed E-state index contributed by atoms with van der Waals surface area (Å²) in [5.41, 5.74) is 0. The fraction of sp³-hybridized carbons (Fsp3) is 1.00. The van der Waals surface area contributed by atoms with Gasteiger partial charge < -0.3 is 0 Å². The molecule has 3 heterocycles. The molecular weight excluding hydrogens is 245 g/mol. The predicted octanol–water partition coefficient (Wildman–Crippen LogP) is 2.33. The quantitative estimate of drug-likeness (QED) is 0.732. The summed E-state index contributed by atoms with van der Waals surface area (Å²) in [4.78, 5) is 0. The van der Waals surface area contributed by atoms with E-state index in [-0.39, 0.29) is 0 Å². The van der Waals surface area contributed by atoms with Crippen molar-refractivity contribution in [2.45, 2.75) is 38.5 Å². The van der Waals surface area contributed by atoms with Gasteiger partial charge in [0.15, 0.2) is 0 Å². The van der Waals surface area contributed by atoms with Gasteiger partial charge in [-0.15, -0.1) is 0 Å². The third-order valence-corrected chi connectivity index (χ3v) is 9.19.